The smallest absolute Gasteiger partial charge is 0.237 e. The van der Waals surface area contributed by atoms with Gasteiger partial charge in [0.2, 0.25) is 5.88 Å². The average Bonchev–Trinajstić information content (AvgIpc) is 3.10. The number of ether oxygens (including phenoxy) is 1. The lowest BCUT2D eigenvalue weighted by atomic mass is 10.1. The van der Waals surface area contributed by atoms with Crippen molar-refractivity contribution in [2.45, 2.75) is 39.7 Å². The van der Waals surface area contributed by atoms with Crippen LogP contribution in [0.25, 0.3) is 0 Å². The largest absolute Gasteiger partial charge is 0.471 e. The number of hydrogen-bond acceptors (Lipinski definition) is 5. The molecule has 0 bridgehead atoms. The molecule has 130 valence electrons. The zero-order valence-electron chi connectivity index (χ0n) is 14.8. The van der Waals surface area contributed by atoms with E-state index in [-0.39, 0.29) is 0 Å². The molecule has 0 unspecified atom stereocenters. The van der Waals surface area contributed by atoms with Gasteiger partial charge in [0.1, 0.15) is 12.3 Å². The lowest BCUT2D eigenvalue weighted by molar-refractivity contribution is 0.289. The van der Waals surface area contributed by atoms with Crippen molar-refractivity contribution >= 4 is 11.6 Å². The minimum atomic E-state index is 0.390. The number of nitrogens with zero attached hydrogens (tertiary/aromatic N) is 3. The number of rotatable bonds is 7. The molecule has 0 radical (unpaired) electrons. The second-order valence-corrected chi connectivity index (χ2v) is 6.12. The number of hydrogen-bond donors (Lipinski definition) is 2. The highest BCUT2D eigenvalue weighted by atomic mass is 16.5. The molecule has 0 atom stereocenters. The molecule has 2 aromatic heterocycles. The Morgan fingerprint density at radius 3 is 2.64 bits per heavy atom. The topological polar surface area (TPSA) is 75.7 Å². The number of aryl methyl sites for hydroxylation is 1. The number of anilines is 2. The van der Waals surface area contributed by atoms with Gasteiger partial charge in [-0.15, -0.1) is 0 Å². The molecular weight excluding hydrogens is 314 g/mol. The summed E-state index contributed by atoms with van der Waals surface area (Å²) in [6.45, 7) is 6.73. The minimum Gasteiger partial charge on any atom is -0.471 e. The third-order valence-corrected chi connectivity index (χ3v) is 3.84. The van der Waals surface area contributed by atoms with Crippen LogP contribution in [0, 0.1) is 0 Å². The summed E-state index contributed by atoms with van der Waals surface area (Å²) in [5.41, 5.74) is 3.01. The number of benzene rings is 1. The maximum atomic E-state index is 5.89. The van der Waals surface area contributed by atoms with Gasteiger partial charge in [-0.25, -0.2) is 0 Å². The summed E-state index contributed by atoms with van der Waals surface area (Å²) >= 11 is 0. The average molecular weight is 337 g/mol. The molecule has 2 heterocycles. The van der Waals surface area contributed by atoms with Crippen molar-refractivity contribution in [3.63, 3.8) is 0 Å². The first-order valence-electron chi connectivity index (χ1n) is 8.50. The number of aromatic nitrogens is 4. The van der Waals surface area contributed by atoms with Crippen molar-refractivity contribution in [3.8, 4) is 5.88 Å². The van der Waals surface area contributed by atoms with Crippen molar-refractivity contribution in [1.29, 1.82) is 0 Å². The molecule has 0 aliphatic heterocycles. The molecular formula is C19H23N5O. The summed E-state index contributed by atoms with van der Waals surface area (Å²) < 4.78 is 5.89. The number of aromatic amines is 1. The molecule has 3 aromatic rings. The van der Waals surface area contributed by atoms with Gasteiger partial charge in [-0.1, -0.05) is 51.1 Å². The van der Waals surface area contributed by atoms with Gasteiger partial charge in [-0.3, -0.25) is 10.1 Å². The fourth-order valence-corrected chi connectivity index (χ4v) is 2.37. The Hall–Kier alpha value is -2.89. The van der Waals surface area contributed by atoms with Crippen LogP contribution in [0.3, 0.4) is 0 Å². The minimum absolute atomic E-state index is 0.390. The molecule has 0 aliphatic carbocycles. The predicted molar refractivity (Wildman–Crippen MR) is 98.1 cm³/mol. The van der Waals surface area contributed by atoms with Crippen molar-refractivity contribution < 1.29 is 4.74 Å². The molecule has 0 aliphatic rings. The van der Waals surface area contributed by atoms with E-state index in [0.29, 0.717) is 24.2 Å². The van der Waals surface area contributed by atoms with Crippen LogP contribution in [0.4, 0.5) is 11.6 Å². The molecule has 25 heavy (non-hydrogen) atoms. The van der Waals surface area contributed by atoms with E-state index in [1.54, 1.807) is 6.20 Å². The Morgan fingerprint density at radius 1 is 1.16 bits per heavy atom. The Morgan fingerprint density at radius 2 is 1.96 bits per heavy atom. The molecule has 6 heteroatoms. The SMILES string of the molecule is CCc1ncc(Nc2cc(C(C)C)[nH]n2)nc1OCc1ccccc1. The van der Waals surface area contributed by atoms with E-state index in [4.69, 9.17) is 4.74 Å². The lowest BCUT2D eigenvalue weighted by Crippen LogP contribution is -2.05. The Labute approximate surface area is 147 Å². The molecule has 3 rings (SSSR count). The monoisotopic (exact) mass is 337 g/mol. The molecule has 1 aromatic carbocycles. The first-order valence-corrected chi connectivity index (χ1v) is 8.50. The first-order chi connectivity index (χ1) is 12.2. The van der Waals surface area contributed by atoms with Crippen molar-refractivity contribution in [1.82, 2.24) is 20.2 Å². The summed E-state index contributed by atoms with van der Waals surface area (Å²) in [4.78, 5) is 9.02. The fourth-order valence-electron chi connectivity index (χ4n) is 2.37. The fraction of sp³-hybridized carbons (Fsp3) is 0.316. The van der Waals surface area contributed by atoms with Crippen LogP contribution in [0.1, 0.15) is 43.6 Å². The quantitative estimate of drug-likeness (QED) is 0.675. The standard InChI is InChI=1S/C19H23N5O/c1-4-15-19(25-12-14-8-6-5-7-9-14)22-18(11-20-15)21-17-10-16(13(2)3)23-24-17/h5-11,13H,4,12H2,1-3H3,(H2,21,22,23,24). The second kappa shape index (κ2) is 7.79. The zero-order chi connectivity index (χ0) is 17.6. The van der Waals surface area contributed by atoms with Gasteiger partial charge in [0.25, 0.3) is 0 Å². The Balaban J connectivity index is 1.74. The van der Waals surface area contributed by atoms with E-state index in [9.17, 15) is 0 Å². The van der Waals surface area contributed by atoms with Gasteiger partial charge in [-0.05, 0) is 17.9 Å². The summed E-state index contributed by atoms with van der Waals surface area (Å²) in [6.07, 6.45) is 2.47. The summed E-state index contributed by atoms with van der Waals surface area (Å²) in [7, 11) is 0. The van der Waals surface area contributed by atoms with E-state index in [0.717, 1.165) is 29.2 Å². The molecule has 0 fully saturated rings. The summed E-state index contributed by atoms with van der Waals surface area (Å²) in [6, 6.07) is 12.0. The van der Waals surface area contributed by atoms with Crippen molar-refractivity contribution in [2.75, 3.05) is 5.32 Å². The van der Waals surface area contributed by atoms with Crippen LogP contribution in [0.5, 0.6) is 5.88 Å². The van der Waals surface area contributed by atoms with Gasteiger partial charge in [0, 0.05) is 11.8 Å². The van der Waals surface area contributed by atoms with Crippen LogP contribution < -0.4 is 10.1 Å². The lowest BCUT2D eigenvalue weighted by Gasteiger charge is -2.10. The van der Waals surface area contributed by atoms with E-state index in [2.05, 4.69) is 39.3 Å². The highest BCUT2D eigenvalue weighted by molar-refractivity contribution is 5.52. The summed E-state index contributed by atoms with van der Waals surface area (Å²) in [5, 5.41) is 10.4. The Bertz CT molecular complexity index is 814. The van der Waals surface area contributed by atoms with Gasteiger partial charge in [-0.2, -0.15) is 10.1 Å². The van der Waals surface area contributed by atoms with Crippen LogP contribution in [-0.2, 0) is 13.0 Å². The molecule has 6 nitrogen and oxygen atoms in total. The second-order valence-electron chi connectivity index (χ2n) is 6.12. The predicted octanol–water partition coefficient (Wildman–Crippen LogP) is 4.21. The highest BCUT2D eigenvalue weighted by Gasteiger charge is 2.10. The third-order valence-electron chi connectivity index (χ3n) is 3.84. The van der Waals surface area contributed by atoms with E-state index >= 15 is 0 Å². The maximum Gasteiger partial charge on any atom is 0.237 e. The van der Waals surface area contributed by atoms with Crippen LogP contribution >= 0.6 is 0 Å². The number of nitrogens with one attached hydrogen (secondary N) is 2. The molecule has 0 saturated carbocycles. The Kier molecular flexibility index (Phi) is 5.28. The van der Waals surface area contributed by atoms with Crippen LogP contribution in [0.15, 0.2) is 42.6 Å². The van der Waals surface area contributed by atoms with Crippen molar-refractivity contribution in [2.24, 2.45) is 0 Å². The van der Waals surface area contributed by atoms with E-state index < -0.39 is 0 Å². The summed E-state index contributed by atoms with van der Waals surface area (Å²) in [5.74, 6) is 2.27. The first kappa shape index (κ1) is 17.0. The zero-order valence-corrected chi connectivity index (χ0v) is 14.8. The van der Waals surface area contributed by atoms with Crippen LogP contribution in [0.2, 0.25) is 0 Å². The normalized spacial score (nSPS) is 10.9. The molecule has 0 saturated heterocycles. The van der Waals surface area contributed by atoms with E-state index in [1.807, 2.05) is 43.3 Å². The van der Waals surface area contributed by atoms with Crippen LogP contribution in [-0.4, -0.2) is 20.2 Å². The van der Waals surface area contributed by atoms with Gasteiger partial charge in [0.15, 0.2) is 11.6 Å². The highest BCUT2D eigenvalue weighted by Crippen LogP contribution is 2.21. The number of H-pyrrole nitrogens is 1. The van der Waals surface area contributed by atoms with Gasteiger partial charge >= 0.3 is 0 Å². The van der Waals surface area contributed by atoms with Gasteiger partial charge < -0.3 is 10.1 Å². The van der Waals surface area contributed by atoms with Crippen molar-refractivity contribution in [3.05, 3.63) is 59.5 Å². The van der Waals surface area contributed by atoms with E-state index in [1.165, 1.54) is 0 Å². The third kappa shape index (κ3) is 4.35. The molecule has 2 N–H and O–H groups in total. The maximum absolute atomic E-state index is 5.89. The molecule has 0 amide bonds. The van der Waals surface area contributed by atoms with Gasteiger partial charge in [0.05, 0.1) is 6.20 Å². The molecule has 0 spiro atoms.